The number of hydrogen-bond donors (Lipinski definition) is 0. The molecular weight excluding hydrogens is 228 g/mol. The van der Waals surface area contributed by atoms with Crippen molar-refractivity contribution in [1.29, 1.82) is 0 Å². The molecular formula is C14H8N2O2. The predicted molar refractivity (Wildman–Crippen MR) is 67.8 cm³/mol. The Kier molecular flexibility index (Phi) is 2.34. The number of rotatable bonds is 2. The first-order valence-electron chi connectivity index (χ1n) is 5.42. The summed E-state index contributed by atoms with van der Waals surface area (Å²) >= 11 is 0. The van der Waals surface area contributed by atoms with Crippen LogP contribution >= 0.6 is 0 Å². The molecule has 0 bridgehead atoms. The van der Waals surface area contributed by atoms with Gasteiger partial charge in [-0.15, -0.1) is 0 Å². The van der Waals surface area contributed by atoms with Crippen molar-refractivity contribution in [3.05, 3.63) is 47.8 Å². The molecule has 0 saturated heterocycles. The van der Waals surface area contributed by atoms with Crippen molar-refractivity contribution in [2.45, 2.75) is 0 Å². The maximum Gasteiger partial charge on any atom is 0.168 e. The van der Waals surface area contributed by atoms with Crippen LogP contribution in [-0.4, -0.2) is 22.5 Å². The molecule has 86 valence electrons. The molecule has 3 aromatic rings. The average molecular weight is 236 g/mol. The van der Waals surface area contributed by atoms with E-state index in [1.165, 1.54) is 6.20 Å². The third kappa shape index (κ3) is 1.55. The van der Waals surface area contributed by atoms with Crippen LogP contribution in [0.4, 0.5) is 0 Å². The monoisotopic (exact) mass is 236 g/mol. The molecule has 0 aliphatic carbocycles. The molecule has 0 aliphatic heterocycles. The Bertz CT molecular complexity index is 714. The summed E-state index contributed by atoms with van der Waals surface area (Å²) in [7, 11) is 0. The van der Waals surface area contributed by atoms with Crippen LogP contribution in [0.3, 0.4) is 0 Å². The molecule has 0 aliphatic rings. The van der Waals surface area contributed by atoms with E-state index in [1.807, 2.05) is 18.2 Å². The Morgan fingerprint density at radius 2 is 1.83 bits per heavy atom. The Balaban J connectivity index is 2.48. The van der Waals surface area contributed by atoms with E-state index in [2.05, 4.69) is 9.97 Å². The van der Waals surface area contributed by atoms with E-state index in [0.717, 1.165) is 22.6 Å². The molecule has 2 heterocycles. The van der Waals surface area contributed by atoms with Gasteiger partial charge in [0.2, 0.25) is 0 Å². The van der Waals surface area contributed by atoms with Crippen LogP contribution < -0.4 is 0 Å². The first-order valence-corrected chi connectivity index (χ1v) is 5.42. The van der Waals surface area contributed by atoms with Gasteiger partial charge in [0.25, 0.3) is 0 Å². The average Bonchev–Trinajstić information content (AvgIpc) is 2.45. The number of nitrogens with zero attached hydrogens (tertiary/aromatic N) is 2. The third-order valence-electron chi connectivity index (χ3n) is 2.82. The van der Waals surface area contributed by atoms with Crippen molar-refractivity contribution in [2.75, 3.05) is 0 Å². The van der Waals surface area contributed by atoms with Crippen LogP contribution in [-0.2, 0) is 0 Å². The van der Waals surface area contributed by atoms with Crippen molar-refractivity contribution in [3.8, 4) is 0 Å². The number of aldehydes is 2. The second kappa shape index (κ2) is 4.00. The molecule has 18 heavy (non-hydrogen) atoms. The van der Waals surface area contributed by atoms with Crippen LogP contribution in [0.2, 0.25) is 0 Å². The summed E-state index contributed by atoms with van der Waals surface area (Å²) in [5, 5.41) is 1.69. The first kappa shape index (κ1) is 10.5. The fourth-order valence-electron chi connectivity index (χ4n) is 1.95. The zero-order valence-corrected chi connectivity index (χ0v) is 9.33. The standard InChI is InChI=1S/C14H8N2O2/c17-7-9-5-12-13(15-6-9)4-2-10-1-3-11(8-18)16-14(10)12/h1-8H. The number of carbonyl (C=O) groups is 2. The summed E-state index contributed by atoms with van der Waals surface area (Å²) < 4.78 is 0. The second-order valence-corrected chi connectivity index (χ2v) is 3.94. The smallest absolute Gasteiger partial charge is 0.168 e. The lowest BCUT2D eigenvalue weighted by molar-refractivity contribution is 0.111. The number of hydrogen-bond acceptors (Lipinski definition) is 4. The van der Waals surface area contributed by atoms with Crippen LogP contribution in [0.1, 0.15) is 20.8 Å². The largest absolute Gasteiger partial charge is 0.298 e. The fourth-order valence-corrected chi connectivity index (χ4v) is 1.95. The van der Waals surface area contributed by atoms with Gasteiger partial charge in [0.15, 0.2) is 12.6 Å². The van der Waals surface area contributed by atoms with Gasteiger partial charge in [-0.2, -0.15) is 0 Å². The van der Waals surface area contributed by atoms with Gasteiger partial charge in [-0.05, 0) is 18.2 Å². The molecule has 0 radical (unpaired) electrons. The molecule has 0 amide bonds. The molecule has 1 aromatic carbocycles. The van der Waals surface area contributed by atoms with E-state index >= 15 is 0 Å². The van der Waals surface area contributed by atoms with Gasteiger partial charge in [-0.3, -0.25) is 14.6 Å². The van der Waals surface area contributed by atoms with Crippen LogP contribution in [0.5, 0.6) is 0 Å². The summed E-state index contributed by atoms with van der Waals surface area (Å²) in [6.45, 7) is 0. The highest BCUT2D eigenvalue weighted by atomic mass is 16.1. The molecule has 0 spiro atoms. The molecule has 0 N–H and O–H groups in total. The highest BCUT2D eigenvalue weighted by Gasteiger charge is 2.05. The van der Waals surface area contributed by atoms with Crippen molar-refractivity contribution in [2.24, 2.45) is 0 Å². The lowest BCUT2D eigenvalue weighted by Gasteiger charge is -2.03. The Morgan fingerprint density at radius 1 is 1.00 bits per heavy atom. The molecule has 3 rings (SSSR count). The Morgan fingerprint density at radius 3 is 2.61 bits per heavy atom. The van der Waals surface area contributed by atoms with Gasteiger partial charge in [-0.1, -0.05) is 12.1 Å². The predicted octanol–water partition coefficient (Wildman–Crippen LogP) is 2.41. The number of fused-ring (bicyclic) bond motifs is 3. The van der Waals surface area contributed by atoms with Crippen molar-refractivity contribution >= 4 is 34.4 Å². The van der Waals surface area contributed by atoms with Gasteiger partial charge >= 0.3 is 0 Å². The minimum absolute atomic E-state index is 0.367. The number of pyridine rings is 2. The minimum atomic E-state index is 0.367. The highest BCUT2D eigenvalue weighted by molar-refractivity contribution is 6.05. The van der Waals surface area contributed by atoms with E-state index in [0.29, 0.717) is 23.1 Å². The normalized spacial score (nSPS) is 10.7. The number of carbonyl (C=O) groups excluding carboxylic acids is 2. The zero-order chi connectivity index (χ0) is 12.5. The highest BCUT2D eigenvalue weighted by Crippen LogP contribution is 2.23. The van der Waals surface area contributed by atoms with Gasteiger partial charge in [0, 0.05) is 22.5 Å². The van der Waals surface area contributed by atoms with E-state index in [4.69, 9.17) is 0 Å². The summed E-state index contributed by atoms with van der Waals surface area (Å²) in [6.07, 6.45) is 2.97. The van der Waals surface area contributed by atoms with Crippen LogP contribution in [0, 0.1) is 0 Å². The molecule has 4 nitrogen and oxygen atoms in total. The quantitative estimate of drug-likeness (QED) is 0.506. The molecule has 2 aromatic heterocycles. The second-order valence-electron chi connectivity index (χ2n) is 3.94. The van der Waals surface area contributed by atoms with Crippen LogP contribution in [0.15, 0.2) is 36.5 Å². The van der Waals surface area contributed by atoms with Crippen molar-refractivity contribution < 1.29 is 9.59 Å². The number of benzene rings is 1. The van der Waals surface area contributed by atoms with E-state index in [9.17, 15) is 9.59 Å². The summed E-state index contributed by atoms with van der Waals surface area (Å²) in [4.78, 5) is 30.0. The van der Waals surface area contributed by atoms with Gasteiger partial charge in [-0.25, -0.2) is 4.98 Å². The number of aromatic nitrogens is 2. The first-order chi connectivity index (χ1) is 8.81. The molecule has 0 unspecified atom stereocenters. The molecule has 0 saturated carbocycles. The minimum Gasteiger partial charge on any atom is -0.298 e. The van der Waals surface area contributed by atoms with Gasteiger partial charge in [0.05, 0.1) is 11.0 Å². The lowest BCUT2D eigenvalue weighted by Crippen LogP contribution is -1.91. The van der Waals surface area contributed by atoms with Crippen molar-refractivity contribution in [3.63, 3.8) is 0 Å². The Hall–Kier alpha value is -2.62. The maximum absolute atomic E-state index is 10.8. The van der Waals surface area contributed by atoms with Gasteiger partial charge in [0.1, 0.15) is 5.69 Å². The zero-order valence-electron chi connectivity index (χ0n) is 9.33. The fraction of sp³-hybridized carbons (Fsp3) is 0. The molecule has 4 heteroatoms. The lowest BCUT2D eigenvalue weighted by atomic mass is 10.1. The van der Waals surface area contributed by atoms with Crippen LogP contribution in [0.25, 0.3) is 21.8 Å². The Labute approximate surface area is 102 Å². The third-order valence-corrected chi connectivity index (χ3v) is 2.82. The topological polar surface area (TPSA) is 59.9 Å². The molecule has 0 fully saturated rings. The summed E-state index contributed by atoms with van der Waals surface area (Å²) in [5.41, 5.74) is 2.30. The SMILES string of the molecule is O=Cc1cnc2ccc3ccc(C=O)nc3c2c1. The van der Waals surface area contributed by atoms with E-state index in [-0.39, 0.29) is 0 Å². The van der Waals surface area contributed by atoms with E-state index < -0.39 is 0 Å². The summed E-state index contributed by atoms with van der Waals surface area (Å²) in [5.74, 6) is 0. The maximum atomic E-state index is 10.8. The van der Waals surface area contributed by atoms with Crippen molar-refractivity contribution in [1.82, 2.24) is 9.97 Å². The molecule has 0 atom stereocenters. The van der Waals surface area contributed by atoms with E-state index in [1.54, 1.807) is 12.1 Å². The summed E-state index contributed by atoms with van der Waals surface area (Å²) in [6, 6.07) is 9.00. The van der Waals surface area contributed by atoms with Gasteiger partial charge < -0.3 is 0 Å².